The number of sulfonamides is 1. The molecule has 1 atom stereocenters. The zero-order chi connectivity index (χ0) is 14.5. The van der Waals surface area contributed by atoms with Gasteiger partial charge in [0.25, 0.3) is 0 Å². The number of hydrogen-bond acceptors (Lipinski definition) is 5. The first-order valence-corrected chi connectivity index (χ1v) is 8.31. The first kappa shape index (κ1) is 16.8. The topological polar surface area (TPSA) is 53.1 Å². The van der Waals surface area contributed by atoms with Gasteiger partial charge in [-0.3, -0.25) is 4.90 Å². The molecule has 0 N–H and O–H groups in total. The van der Waals surface area contributed by atoms with Crippen LogP contribution in [0.2, 0.25) is 0 Å². The van der Waals surface area contributed by atoms with Gasteiger partial charge in [-0.05, 0) is 27.1 Å². The van der Waals surface area contributed by atoms with Crippen molar-refractivity contribution in [1.82, 2.24) is 14.1 Å². The number of morpholine rings is 1. The molecule has 0 aromatic carbocycles. The van der Waals surface area contributed by atoms with Crippen LogP contribution in [0.5, 0.6) is 0 Å². The molecule has 0 aromatic heterocycles. The maximum Gasteiger partial charge on any atom is 0.213 e. The predicted molar refractivity (Wildman–Crippen MR) is 76.8 cm³/mol. The van der Waals surface area contributed by atoms with Crippen molar-refractivity contribution >= 4 is 10.0 Å². The third-order valence-electron chi connectivity index (χ3n) is 3.22. The molecule has 0 spiro atoms. The molecule has 6 nitrogen and oxygen atoms in total. The highest BCUT2D eigenvalue weighted by Crippen LogP contribution is 2.07. The Labute approximate surface area is 117 Å². The second kappa shape index (κ2) is 7.54. The number of hydrogen-bond donors (Lipinski definition) is 0. The van der Waals surface area contributed by atoms with Crippen molar-refractivity contribution in [3.05, 3.63) is 0 Å². The maximum atomic E-state index is 11.7. The van der Waals surface area contributed by atoms with Crippen molar-refractivity contribution in [3.63, 3.8) is 0 Å². The molecule has 19 heavy (non-hydrogen) atoms. The van der Waals surface area contributed by atoms with E-state index >= 15 is 0 Å². The van der Waals surface area contributed by atoms with Crippen molar-refractivity contribution in [2.75, 3.05) is 66.7 Å². The summed E-state index contributed by atoms with van der Waals surface area (Å²) < 4.78 is 30.3. The summed E-state index contributed by atoms with van der Waals surface area (Å²) in [6.07, 6.45) is 0.907. The van der Waals surface area contributed by atoms with E-state index in [1.54, 1.807) is 14.1 Å². The lowest BCUT2D eigenvalue weighted by molar-refractivity contribution is -0.0378. The summed E-state index contributed by atoms with van der Waals surface area (Å²) in [4.78, 5) is 4.41. The quantitative estimate of drug-likeness (QED) is 0.635. The Morgan fingerprint density at radius 2 is 1.95 bits per heavy atom. The summed E-state index contributed by atoms with van der Waals surface area (Å²) >= 11 is 0. The van der Waals surface area contributed by atoms with Crippen LogP contribution in [0.4, 0.5) is 0 Å². The fraction of sp³-hybridized carbons (Fsp3) is 1.00. The third kappa shape index (κ3) is 6.18. The Bertz CT molecular complexity index is 357. The SMILES string of the molecule is CN(C)CC1CN(CCCS(=O)(=O)N(C)C)CCO1. The molecule has 1 aliphatic heterocycles. The highest BCUT2D eigenvalue weighted by molar-refractivity contribution is 7.89. The molecule has 0 saturated carbocycles. The summed E-state index contributed by atoms with van der Waals surface area (Å²) in [5.74, 6) is 0.218. The molecule has 0 bridgehead atoms. The number of nitrogens with zero attached hydrogens (tertiary/aromatic N) is 3. The summed E-state index contributed by atoms with van der Waals surface area (Å²) in [6.45, 7) is 4.25. The van der Waals surface area contributed by atoms with E-state index in [9.17, 15) is 8.42 Å². The molecule has 0 amide bonds. The molecule has 114 valence electrons. The molecule has 1 heterocycles. The van der Waals surface area contributed by atoms with Gasteiger partial charge in [0, 0.05) is 33.7 Å². The molecule has 1 saturated heterocycles. The molecule has 7 heteroatoms. The number of rotatable bonds is 7. The van der Waals surface area contributed by atoms with E-state index < -0.39 is 10.0 Å². The molecule has 0 aromatic rings. The van der Waals surface area contributed by atoms with E-state index in [2.05, 4.69) is 9.80 Å². The fourth-order valence-corrected chi connectivity index (χ4v) is 3.01. The van der Waals surface area contributed by atoms with Gasteiger partial charge in [-0.1, -0.05) is 0 Å². The molecule has 0 radical (unpaired) electrons. The van der Waals surface area contributed by atoms with E-state index in [0.29, 0.717) is 6.42 Å². The van der Waals surface area contributed by atoms with E-state index in [0.717, 1.165) is 32.8 Å². The van der Waals surface area contributed by atoms with Gasteiger partial charge < -0.3 is 9.64 Å². The Morgan fingerprint density at radius 3 is 2.53 bits per heavy atom. The van der Waals surface area contributed by atoms with Gasteiger partial charge in [0.2, 0.25) is 10.0 Å². The van der Waals surface area contributed by atoms with Crippen molar-refractivity contribution < 1.29 is 13.2 Å². The lowest BCUT2D eigenvalue weighted by atomic mass is 10.2. The monoisotopic (exact) mass is 293 g/mol. The van der Waals surface area contributed by atoms with Gasteiger partial charge >= 0.3 is 0 Å². The molecule has 1 rings (SSSR count). The van der Waals surface area contributed by atoms with Crippen LogP contribution in [0.25, 0.3) is 0 Å². The molecular weight excluding hydrogens is 266 g/mol. The van der Waals surface area contributed by atoms with Gasteiger partial charge in [0.1, 0.15) is 0 Å². The highest BCUT2D eigenvalue weighted by atomic mass is 32.2. The second-order valence-corrected chi connectivity index (χ2v) is 7.81. The number of likely N-dealkylation sites (N-methyl/N-ethyl adjacent to an activating group) is 1. The van der Waals surface area contributed by atoms with Crippen molar-refractivity contribution in [2.24, 2.45) is 0 Å². The minimum atomic E-state index is -3.06. The van der Waals surface area contributed by atoms with Crippen LogP contribution in [0.1, 0.15) is 6.42 Å². The zero-order valence-electron chi connectivity index (χ0n) is 12.5. The smallest absolute Gasteiger partial charge is 0.213 e. The van der Waals surface area contributed by atoms with Crippen LogP contribution in [0.15, 0.2) is 0 Å². The summed E-state index contributed by atoms with van der Waals surface area (Å²) in [5.41, 5.74) is 0. The molecule has 1 fully saturated rings. The molecule has 1 unspecified atom stereocenters. The third-order valence-corrected chi connectivity index (χ3v) is 5.14. The van der Waals surface area contributed by atoms with E-state index in [4.69, 9.17) is 4.74 Å². The molecule has 1 aliphatic rings. The van der Waals surface area contributed by atoms with Gasteiger partial charge in [0.15, 0.2) is 0 Å². The van der Waals surface area contributed by atoms with Crippen molar-refractivity contribution in [2.45, 2.75) is 12.5 Å². The average Bonchev–Trinajstić information content (AvgIpc) is 2.28. The van der Waals surface area contributed by atoms with Crippen molar-refractivity contribution in [3.8, 4) is 0 Å². The van der Waals surface area contributed by atoms with Crippen LogP contribution >= 0.6 is 0 Å². The molecular formula is C12H27N3O3S. The van der Waals surface area contributed by atoms with Crippen LogP contribution in [0.3, 0.4) is 0 Å². The van der Waals surface area contributed by atoms with Gasteiger partial charge in [-0.15, -0.1) is 0 Å². The Hall–Kier alpha value is -0.210. The fourth-order valence-electron chi connectivity index (χ4n) is 2.15. The lowest BCUT2D eigenvalue weighted by Crippen LogP contribution is -2.46. The average molecular weight is 293 g/mol. The minimum absolute atomic E-state index is 0.218. The van der Waals surface area contributed by atoms with Crippen LogP contribution in [0, 0.1) is 0 Å². The van der Waals surface area contributed by atoms with E-state index in [1.807, 2.05) is 14.1 Å². The summed E-state index contributed by atoms with van der Waals surface area (Å²) in [5, 5.41) is 0. The van der Waals surface area contributed by atoms with Crippen molar-refractivity contribution in [1.29, 1.82) is 0 Å². The Morgan fingerprint density at radius 1 is 1.26 bits per heavy atom. The standard InChI is InChI=1S/C12H27N3O3S/c1-13(2)10-12-11-15(7-8-18-12)6-5-9-19(16,17)14(3)4/h12H,5-11H2,1-4H3. The van der Waals surface area contributed by atoms with E-state index in [1.165, 1.54) is 4.31 Å². The Balaban J connectivity index is 2.30. The van der Waals surface area contributed by atoms with Crippen LogP contribution in [-0.2, 0) is 14.8 Å². The number of ether oxygens (including phenoxy) is 1. The van der Waals surface area contributed by atoms with Gasteiger partial charge in [-0.2, -0.15) is 0 Å². The van der Waals surface area contributed by atoms with Gasteiger partial charge in [-0.25, -0.2) is 12.7 Å². The normalized spacial score (nSPS) is 22.3. The first-order valence-electron chi connectivity index (χ1n) is 6.70. The predicted octanol–water partition coefficient (Wildman–Crippen LogP) is -0.470. The summed E-state index contributed by atoms with van der Waals surface area (Å²) in [6, 6.07) is 0. The highest BCUT2D eigenvalue weighted by Gasteiger charge is 2.21. The van der Waals surface area contributed by atoms with Gasteiger partial charge in [0.05, 0.1) is 18.5 Å². The van der Waals surface area contributed by atoms with Crippen LogP contribution < -0.4 is 0 Å². The molecule has 0 aliphatic carbocycles. The minimum Gasteiger partial charge on any atom is -0.374 e. The van der Waals surface area contributed by atoms with Crippen LogP contribution in [-0.4, -0.2) is 95.4 Å². The second-order valence-electron chi connectivity index (χ2n) is 5.51. The first-order chi connectivity index (χ1) is 8.81. The maximum absolute atomic E-state index is 11.7. The van der Waals surface area contributed by atoms with E-state index in [-0.39, 0.29) is 11.9 Å². The lowest BCUT2D eigenvalue weighted by Gasteiger charge is -2.34. The Kier molecular flexibility index (Phi) is 6.68. The summed E-state index contributed by atoms with van der Waals surface area (Å²) in [7, 11) is 4.16. The zero-order valence-corrected chi connectivity index (χ0v) is 13.3. The largest absolute Gasteiger partial charge is 0.374 e.